The van der Waals surface area contributed by atoms with E-state index in [4.69, 9.17) is 23.2 Å². The molecular weight excluding hydrogens is 528 g/mol. The zero-order valence-electron chi connectivity index (χ0n) is 16.6. The highest BCUT2D eigenvalue weighted by Gasteiger charge is 2.25. The predicted octanol–water partition coefficient (Wildman–Crippen LogP) is 2.91. The molecule has 29 heavy (non-hydrogen) atoms. The highest BCUT2D eigenvalue weighted by atomic mass is 127. The van der Waals surface area contributed by atoms with Crippen LogP contribution >= 0.6 is 47.2 Å². The van der Waals surface area contributed by atoms with Gasteiger partial charge in [0.1, 0.15) is 0 Å². The molecule has 1 saturated heterocycles. The van der Waals surface area contributed by atoms with E-state index >= 15 is 0 Å². The largest absolute Gasteiger partial charge is 0.357 e. The Morgan fingerprint density at radius 3 is 2.62 bits per heavy atom. The molecule has 10 heteroatoms. The average Bonchev–Trinajstić information content (AvgIpc) is 3.15. The highest BCUT2D eigenvalue weighted by molar-refractivity contribution is 14.0. The molecule has 3 N–H and O–H groups in total. The molecule has 0 spiro atoms. The maximum Gasteiger partial charge on any atom is 0.251 e. The minimum Gasteiger partial charge on any atom is -0.357 e. The van der Waals surface area contributed by atoms with Crippen LogP contribution in [0.15, 0.2) is 23.2 Å². The van der Waals surface area contributed by atoms with Crippen molar-refractivity contribution in [3.05, 3.63) is 33.8 Å². The third-order valence-electron chi connectivity index (χ3n) is 4.38. The molecule has 1 aromatic rings. The van der Waals surface area contributed by atoms with Crippen molar-refractivity contribution in [3.63, 3.8) is 0 Å². The lowest BCUT2D eigenvalue weighted by Gasteiger charge is -2.18. The Kier molecular flexibility index (Phi) is 11.7. The van der Waals surface area contributed by atoms with Gasteiger partial charge in [-0.05, 0) is 31.5 Å². The number of carbonyl (C=O) groups excluding carboxylic acids is 2. The zero-order chi connectivity index (χ0) is 20.5. The van der Waals surface area contributed by atoms with Gasteiger partial charge in [0, 0.05) is 44.2 Å². The van der Waals surface area contributed by atoms with Crippen molar-refractivity contribution in [2.24, 2.45) is 4.99 Å². The quantitative estimate of drug-likeness (QED) is 0.209. The molecule has 7 nitrogen and oxygen atoms in total. The highest BCUT2D eigenvalue weighted by Crippen LogP contribution is 2.22. The molecule has 0 saturated carbocycles. The Morgan fingerprint density at radius 2 is 1.97 bits per heavy atom. The van der Waals surface area contributed by atoms with E-state index in [9.17, 15) is 9.59 Å². The molecule has 1 unspecified atom stereocenters. The monoisotopic (exact) mass is 555 g/mol. The zero-order valence-corrected chi connectivity index (χ0v) is 20.5. The number of carbonyl (C=O) groups is 2. The van der Waals surface area contributed by atoms with E-state index in [-0.39, 0.29) is 41.8 Å². The van der Waals surface area contributed by atoms with E-state index in [2.05, 4.69) is 20.9 Å². The van der Waals surface area contributed by atoms with Gasteiger partial charge in [-0.15, -0.1) is 24.0 Å². The summed E-state index contributed by atoms with van der Waals surface area (Å²) in [5.41, 5.74) is 0.454. The van der Waals surface area contributed by atoms with Crippen molar-refractivity contribution in [3.8, 4) is 0 Å². The van der Waals surface area contributed by atoms with Gasteiger partial charge in [0.15, 0.2) is 5.96 Å². The Labute approximate surface area is 199 Å². The first-order valence-corrected chi connectivity index (χ1v) is 10.3. The first kappa shape index (κ1) is 25.8. The predicted molar refractivity (Wildman–Crippen MR) is 129 cm³/mol. The summed E-state index contributed by atoms with van der Waals surface area (Å²) in [7, 11) is 0. The van der Waals surface area contributed by atoms with Crippen LogP contribution in [0.1, 0.15) is 37.0 Å². The van der Waals surface area contributed by atoms with Gasteiger partial charge in [-0.1, -0.05) is 30.1 Å². The lowest BCUT2D eigenvalue weighted by atomic mass is 10.2. The van der Waals surface area contributed by atoms with Gasteiger partial charge in [0.2, 0.25) is 5.91 Å². The van der Waals surface area contributed by atoms with Crippen molar-refractivity contribution in [1.29, 1.82) is 0 Å². The van der Waals surface area contributed by atoms with Crippen LogP contribution in [-0.2, 0) is 4.79 Å². The number of nitrogens with one attached hydrogen (secondary N) is 3. The van der Waals surface area contributed by atoms with Crippen molar-refractivity contribution in [2.45, 2.75) is 32.7 Å². The fraction of sp³-hybridized carbons (Fsp3) is 0.526. The van der Waals surface area contributed by atoms with E-state index in [1.807, 2.05) is 18.7 Å². The second-order valence-corrected chi connectivity index (χ2v) is 7.28. The van der Waals surface area contributed by atoms with E-state index in [0.717, 1.165) is 19.5 Å². The summed E-state index contributed by atoms with van der Waals surface area (Å²) in [5, 5.41) is 10.1. The van der Waals surface area contributed by atoms with Crippen molar-refractivity contribution < 1.29 is 9.59 Å². The standard InChI is InChI=1S/C19H27Cl2N5O2.HI/c1-3-17(27)26-10-7-14(12-26)25-19(22-4-2)24-9-8-23-18(28)13-5-6-15(20)16(21)11-13;/h5-6,11,14H,3-4,7-10,12H2,1-2H3,(H,23,28)(H2,22,24,25);1H. The Morgan fingerprint density at radius 1 is 1.21 bits per heavy atom. The third kappa shape index (κ3) is 8.18. The molecule has 162 valence electrons. The van der Waals surface area contributed by atoms with Crippen LogP contribution in [0, 0.1) is 0 Å². The van der Waals surface area contributed by atoms with Gasteiger partial charge in [0.25, 0.3) is 5.91 Å². The molecule has 2 rings (SSSR count). The number of hydrogen-bond acceptors (Lipinski definition) is 3. The van der Waals surface area contributed by atoms with Crippen molar-refractivity contribution in [1.82, 2.24) is 20.9 Å². The fourth-order valence-electron chi connectivity index (χ4n) is 2.92. The van der Waals surface area contributed by atoms with Crippen molar-refractivity contribution >= 4 is 65.0 Å². The van der Waals surface area contributed by atoms with Crippen molar-refractivity contribution in [2.75, 3.05) is 32.7 Å². The average molecular weight is 556 g/mol. The SMILES string of the molecule is CCNC(=NCCNC(=O)c1ccc(Cl)c(Cl)c1)NC1CCN(C(=O)CC)C1.I. The maximum atomic E-state index is 12.2. The maximum absolute atomic E-state index is 12.2. The first-order chi connectivity index (χ1) is 13.4. The topological polar surface area (TPSA) is 85.8 Å². The number of halogens is 3. The number of guanidine groups is 1. The Balaban J connectivity index is 0.00000420. The summed E-state index contributed by atoms with van der Waals surface area (Å²) in [5.74, 6) is 0.634. The fourth-order valence-corrected chi connectivity index (χ4v) is 3.22. The Hall–Kier alpha value is -1.26. The number of benzene rings is 1. The summed E-state index contributed by atoms with van der Waals surface area (Å²) >= 11 is 11.8. The van der Waals surface area contributed by atoms with E-state index in [1.165, 1.54) is 6.07 Å². The van der Waals surface area contributed by atoms with Gasteiger partial charge < -0.3 is 20.9 Å². The lowest BCUT2D eigenvalue weighted by Crippen LogP contribution is -2.45. The summed E-state index contributed by atoms with van der Waals surface area (Å²) in [6.07, 6.45) is 1.42. The van der Waals surface area contributed by atoms with Crippen LogP contribution < -0.4 is 16.0 Å². The molecule has 1 heterocycles. The van der Waals surface area contributed by atoms with Gasteiger partial charge >= 0.3 is 0 Å². The smallest absolute Gasteiger partial charge is 0.251 e. The van der Waals surface area contributed by atoms with Crippen LogP contribution in [-0.4, -0.2) is 61.4 Å². The van der Waals surface area contributed by atoms with Crippen LogP contribution in [0.3, 0.4) is 0 Å². The van der Waals surface area contributed by atoms with E-state index in [1.54, 1.807) is 12.1 Å². The molecular formula is C19H28Cl2IN5O2. The minimum atomic E-state index is -0.226. The molecule has 0 radical (unpaired) electrons. The second kappa shape index (κ2) is 13.1. The number of hydrogen-bond donors (Lipinski definition) is 3. The van der Waals surface area contributed by atoms with Gasteiger partial charge in [-0.2, -0.15) is 0 Å². The molecule has 1 aromatic carbocycles. The van der Waals surface area contributed by atoms with Gasteiger partial charge in [-0.25, -0.2) is 0 Å². The van der Waals surface area contributed by atoms with Crippen LogP contribution in [0.5, 0.6) is 0 Å². The molecule has 0 bridgehead atoms. The summed E-state index contributed by atoms with van der Waals surface area (Å²) < 4.78 is 0. The minimum absolute atomic E-state index is 0. The molecule has 0 aromatic heterocycles. The number of rotatable bonds is 7. The van der Waals surface area contributed by atoms with Gasteiger partial charge in [-0.3, -0.25) is 14.6 Å². The molecule has 1 atom stereocenters. The number of nitrogens with zero attached hydrogens (tertiary/aromatic N) is 2. The number of likely N-dealkylation sites (tertiary alicyclic amines) is 1. The molecule has 1 aliphatic heterocycles. The summed E-state index contributed by atoms with van der Waals surface area (Å²) in [6.45, 7) is 6.86. The van der Waals surface area contributed by atoms with E-state index in [0.29, 0.717) is 47.6 Å². The second-order valence-electron chi connectivity index (χ2n) is 6.47. The lowest BCUT2D eigenvalue weighted by molar-refractivity contribution is -0.129. The van der Waals surface area contributed by atoms with Crippen LogP contribution in [0.4, 0.5) is 0 Å². The van der Waals surface area contributed by atoms with Gasteiger partial charge in [0.05, 0.1) is 16.6 Å². The Bertz CT molecular complexity index is 733. The summed E-state index contributed by atoms with van der Waals surface area (Å²) in [4.78, 5) is 30.3. The van der Waals surface area contributed by atoms with Crippen LogP contribution in [0.25, 0.3) is 0 Å². The molecule has 1 aliphatic rings. The normalized spacial score (nSPS) is 16.2. The number of aliphatic imine (C=N–C) groups is 1. The molecule has 2 amide bonds. The molecule has 0 aliphatic carbocycles. The number of amides is 2. The molecule has 1 fully saturated rings. The third-order valence-corrected chi connectivity index (χ3v) is 5.12. The van der Waals surface area contributed by atoms with E-state index < -0.39 is 0 Å². The van der Waals surface area contributed by atoms with Crippen LogP contribution in [0.2, 0.25) is 10.0 Å². The summed E-state index contributed by atoms with van der Waals surface area (Å²) in [6, 6.07) is 4.94. The first-order valence-electron chi connectivity index (χ1n) is 9.50.